The summed E-state index contributed by atoms with van der Waals surface area (Å²) < 4.78 is 13.0. The van der Waals surface area contributed by atoms with Gasteiger partial charge in [0.25, 0.3) is 0 Å². The predicted octanol–water partition coefficient (Wildman–Crippen LogP) is 2.99. The van der Waals surface area contributed by atoms with Crippen molar-refractivity contribution in [3.05, 3.63) is 59.9 Å². The summed E-state index contributed by atoms with van der Waals surface area (Å²) in [6, 6.07) is 11.2. The lowest BCUT2D eigenvalue weighted by Gasteiger charge is -2.16. The van der Waals surface area contributed by atoms with E-state index in [1.165, 1.54) is 36.4 Å². The molecular formula is C19H16FN3O4S. The number of nitrogens with zero attached hydrogens (tertiary/aromatic N) is 2. The van der Waals surface area contributed by atoms with Gasteiger partial charge in [0.2, 0.25) is 11.8 Å². The number of anilines is 2. The Balaban J connectivity index is 1.71. The highest BCUT2D eigenvalue weighted by Gasteiger charge is 2.40. The normalized spacial score (nSPS) is 17.1. The van der Waals surface area contributed by atoms with Gasteiger partial charge in [-0.15, -0.1) is 0 Å². The number of rotatable bonds is 4. The molecule has 1 saturated heterocycles. The molecule has 28 heavy (non-hydrogen) atoms. The number of imide groups is 1. The number of nitrogens with one attached hydrogen (secondary N) is 1. The molecule has 1 atom stereocenters. The molecule has 0 aliphatic carbocycles. The van der Waals surface area contributed by atoms with Gasteiger partial charge in [0.1, 0.15) is 11.1 Å². The fourth-order valence-corrected chi connectivity index (χ4v) is 3.63. The molecule has 144 valence electrons. The number of benzene rings is 2. The summed E-state index contributed by atoms with van der Waals surface area (Å²) in [6.45, 7) is 0. The lowest BCUT2D eigenvalue weighted by atomic mass is 10.2. The van der Waals surface area contributed by atoms with Crippen LogP contribution in [0.25, 0.3) is 0 Å². The lowest BCUT2D eigenvalue weighted by molar-refractivity contribution is -0.121. The van der Waals surface area contributed by atoms with Crippen molar-refractivity contribution in [2.45, 2.75) is 11.7 Å². The average Bonchev–Trinajstić information content (AvgIpc) is 2.96. The van der Waals surface area contributed by atoms with Crippen LogP contribution in [0.15, 0.2) is 53.5 Å². The minimum Gasteiger partial charge on any atom is -0.478 e. The Labute approximate surface area is 164 Å². The van der Waals surface area contributed by atoms with Crippen LogP contribution in [-0.4, -0.2) is 40.4 Å². The number of amidine groups is 1. The molecule has 2 aromatic rings. The van der Waals surface area contributed by atoms with Crippen molar-refractivity contribution >= 4 is 46.1 Å². The number of aliphatic imine (C=N–C) groups is 1. The molecule has 1 heterocycles. The SMILES string of the molecule is CN=C(Nc1ccc(F)cc1)S[C@H]1CC(=O)N(c2ccc(C(=O)O)cc2)C1=O. The van der Waals surface area contributed by atoms with Gasteiger partial charge in [-0.3, -0.25) is 14.6 Å². The summed E-state index contributed by atoms with van der Waals surface area (Å²) in [5, 5.41) is 11.7. The van der Waals surface area contributed by atoms with E-state index in [1.54, 1.807) is 19.2 Å². The van der Waals surface area contributed by atoms with Crippen LogP contribution in [0.3, 0.4) is 0 Å². The van der Waals surface area contributed by atoms with Crippen molar-refractivity contribution < 1.29 is 23.9 Å². The first-order valence-corrected chi connectivity index (χ1v) is 9.13. The summed E-state index contributed by atoms with van der Waals surface area (Å²) >= 11 is 1.11. The third-order valence-corrected chi connectivity index (χ3v) is 5.19. The highest BCUT2D eigenvalue weighted by atomic mass is 32.2. The topological polar surface area (TPSA) is 99.1 Å². The summed E-state index contributed by atoms with van der Waals surface area (Å²) in [4.78, 5) is 41.2. The molecule has 0 unspecified atom stereocenters. The monoisotopic (exact) mass is 401 g/mol. The highest BCUT2D eigenvalue weighted by molar-refractivity contribution is 8.15. The zero-order valence-electron chi connectivity index (χ0n) is 14.8. The number of hydrogen-bond donors (Lipinski definition) is 2. The third kappa shape index (κ3) is 4.20. The molecule has 0 saturated carbocycles. The second kappa shape index (κ2) is 8.22. The maximum Gasteiger partial charge on any atom is 0.335 e. The van der Waals surface area contributed by atoms with Crippen molar-refractivity contribution in [3.8, 4) is 0 Å². The number of carboxylic acids is 1. The fourth-order valence-electron chi connectivity index (χ4n) is 2.65. The van der Waals surface area contributed by atoms with Crippen LogP contribution in [0.2, 0.25) is 0 Å². The number of carboxylic acid groups (broad SMARTS) is 1. The van der Waals surface area contributed by atoms with Crippen molar-refractivity contribution in [1.29, 1.82) is 0 Å². The van der Waals surface area contributed by atoms with Gasteiger partial charge in [-0.25, -0.2) is 14.1 Å². The van der Waals surface area contributed by atoms with Crippen LogP contribution >= 0.6 is 11.8 Å². The number of carbonyl (C=O) groups excluding carboxylic acids is 2. The van der Waals surface area contributed by atoms with Crippen molar-refractivity contribution in [3.63, 3.8) is 0 Å². The molecule has 1 aliphatic rings. The summed E-state index contributed by atoms with van der Waals surface area (Å²) in [5.41, 5.74) is 0.995. The summed E-state index contributed by atoms with van der Waals surface area (Å²) in [6.07, 6.45) is -0.00565. The van der Waals surface area contributed by atoms with E-state index in [2.05, 4.69) is 10.3 Å². The summed E-state index contributed by atoms with van der Waals surface area (Å²) in [5.74, 6) is -2.23. The minimum atomic E-state index is -1.09. The number of amides is 2. The molecule has 0 spiro atoms. The van der Waals surface area contributed by atoms with Crippen LogP contribution in [0.4, 0.5) is 15.8 Å². The Kier molecular flexibility index (Phi) is 5.74. The van der Waals surface area contributed by atoms with E-state index in [9.17, 15) is 18.8 Å². The Bertz CT molecular complexity index is 945. The Hall–Kier alpha value is -3.20. The summed E-state index contributed by atoms with van der Waals surface area (Å²) in [7, 11) is 1.54. The largest absolute Gasteiger partial charge is 0.478 e. The van der Waals surface area contributed by atoms with Crippen LogP contribution in [0.5, 0.6) is 0 Å². The maximum absolute atomic E-state index is 13.0. The molecule has 3 rings (SSSR count). The Morgan fingerprint density at radius 2 is 1.82 bits per heavy atom. The van der Waals surface area contributed by atoms with E-state index in [0.717, 1.165) is 16.7 Å². The third-order valence-electron chi connectivity index (χ3n) is 4.03. The van der Waals surface area contributed by atoms with E-state index >= 15 is 0 Å². The maximum atomic E-state index is 13.0. The van der Waals surface area contributed by atoms with Crippen LogP contribution < -0.4 is 10.2 Å². The van der Waals surface area contributed by atoms with Crippen molar-refractivity contribution in [2.75, 3.05) is 17.3 Å². The molecule has 0 radical (unpaired) electrons. The van der Waals surface area contributed by atoms with Gasteiger partial charge < -0.3 is 10.4 Å². The molecule has 2 aromatic carbocycles. The molecule has 7 nitrogen and oxygen atoms in total. The molecule has 9 heteroatoms. The van der Waals surface area contributed by atoms with Crippen LogP contribution in [0.1, 0.15) is 16.8 Å². The molecular weight excluding hydrogens is 385 g/mol. The first-order chi connectivity index (χ1) is 13.4. The Morgan fingerprint density at radius 3 is 2.39 bits per heavy atom. The molecule has 2 N–H and O–H groups in total. The standard InChI is InChI=1S/C19H16FN3O4S/c1-21-19(22-13-6-4-12(20)5-7-13)28-15-10-16(24)23(17(15)25)14-8-2-11(3-9-14)18(26)27/h2-9,15H,10H2,1H3,(H,21,22)(H,26,27)/t15-/m0/s1. The zero-order chi connectivity index (χ0) is 20.3. The number of hydrogen-bond acceptors (Lipinski definition) is 5. The van der Waals surface area contributed by atoms with Crippen LogP contribution in [-0.2, 0) is 9.59 Å². The second-order valence-electron chi connectivity index (χ2n) is 5.89. The Morgan fingerprint density at radius 1 is 1.18 bits per heavy atom. The lowest BCUT2D eigenvalue weighted by Crippen LogP contribution is -2.31. The van der Waals surface area contributed by atoms with Gasteiger partial charge in [-0.1, -0.05) is 11.8 Å². The predicted molar refractivity (Wildman–Crippen MR) is 105 cm³/mol. The van der Waals surface area contributed by atoms with Crippen LogP contribution in [0, 0.1) is 5.82 Å². The number of halogens is 1. The highest BCUT2D eigenvalue weighted by Crippen LogP contribution is 2.31. The minimum absolute atomic E-state index is 0.00565. The van der Waals surface area contributed by atoms with E-state index in [1.807, 2.05) is 0 Å². The molecule has 1 fully saturated rings. The van der Waals surface area contributed by atoms with Gasteiger partial charge in [0, 0.05) is 19.2 Å². The number of aromatic carboxylic acids is 1. The van der Waals surface area contributed by atoms with E-state index in [-0.39, 0.29) is 23.7 Å². The van der Waals surface area contributed by atoms with Gasteiger partial charge >= 0.3 is 5.97 Å². The van der Waals surface area contributed by atoms with E-state index < -0.39 is 17.1 Å². The number of carbonyl (C=O) groups is 3. The van der Waals surface area contributed by atoms with E-state index in [0.29, 0.717) is 16.5 Å². The molecule has 0 aromatic heterocycles. The van der Waals surface area contributed by atoms with Gasteiger partial charge in [0.15, 0.2) is 5.17 Å². The number of thioether (sulfide) groups is 1. The van der Waals surface area contributed by atoms with Crippen molar-refractivity contribution in [2.24, 2.45) is 4.99 Å². The molecule has 2 amide bonds. The van der Waals surface area contributed by atoms with Gasteiger partial charge in [-0.2, -0.15) is 0 Å². The fraction of sp³-hybridized carbons (Fsp3) is 0.158. The van der Waals surface area contributed by atoms with Gasteiger partial charge in [0.05, 0.1) is 11.3 Å². The smallest absolute Gasteiger partial charge is 0.335 e. The first kappa shape index (κ1) is 19.6. The first-order valence-electron chi connectivity index (χ1n) is 8.25. The quantitative estimate of drug-likeness (QED) is 0.464. The molecule has 0 bridgehead atoms. The zero-order valence-corrected chi connectivity index (χ0v) is 15.6. The second-order valence-corrected chi connectivity index (χ2v) is 7.08. The average molecular weight is 401 g/mol. The van der Waals surface area contributed by atoms with E-state index in [4.69, 9.17) is 5.11 Å². The van der Waals surface area contributed by atoms with Gasteiger partial charge in [-0.05, 0) is 48.5 Å². The molecule has 1 aliphatic heterocycles. The van der Waals surface area contributed by atoms with Crippen molar-refractivity contribution in [1.82, 2.24) is 0 Å².